The Labute approximate surface area is 131 Å². The van der Waals surface area contributed by atoms with Gasteiger partial charge in [-0.15, -0.1) is 0 Å². The van der Waals surface area contributed by atoms with Crippen LogP contribution in [-0.4, -0.2) is 5.97 Å². The number of hydrogen-bond donors (Lipinski definition) is 0. The molecule has 0 saturated carbocycles. The Hall–Kier alpha value is -2.35. The van der Waals surface area contributed by atoms with E-state index in [2.05, 4.69) is 44.7 Å². The van der Waals surface area contributed by atoms with E-state index in [-0.39, 0.29) is 11.9 Å². The van der Waals surface area contributed by atoms with Crippen molar-refractivity contribution in [3.8, 4) is 11.1 Å². The van der Waals surface area contributed by atoms with Crippen LogP contribution in [0.25, 0.3) is 11.1 Å². The summed E-state index contributed by atoms with van der Waals surface area (Å²) in [4.78, 5) is 12.3. The second kappa shape index (κ2) is 5.13. The molecule has 1 aliphatic carbocycles. The molecule has 0 N–H and O–H groups in total. The molecule has 2 aromatic rings. The van der Waals surface area contributed by atoms with E-state index in [4.69, 9.17) is 4.74 Å². The fraction of sp³-hybridized carbons (Fsp3) is 0.250. The molecule has 2 nitrogen and oxygen atoms in total. The van der Waals surface area contributed by atoms with Crippen LogP contribution < -0.4 is 0 Å². The molecule has 0 amide bonds. The van der Waals surface area contributed by atoms with Gasteiger partial charge in [-0.3, -0.25) is 0 Å². The van der Waals surface area contributed by atoms with E-state index in [1.807, 2.05) is 24.3 Å². The van der Waals surface area contributed by atoms with Gasteiger partial charge >= 0.3 is 5.97 Å². The monoisotopic (exact) mass is 292 g/mol. The standard InChI is InChI=1S/C20H20O2/c1-13(2)19(21)22-20(14(3)4)17-11-7-5-9-15(17)16-10-6-8-12-18(16)20/h5-12,14H,1H2,2-4H3. The average molecular weight is 292 g/mol. The summed E-state index contributed by atoms with van der Waals surface area (Å²) < 4.78 is 6.04. The molecule has 0 saturated heterocycles. The van der Waals surface area contributed by atoms with Gasteiger partial charge in [0.15, 0.2) is 5.60 Å². The summed E-state index contributed by atoms with van der Waals surface area (Å²) in [6, 6.07) is 16.3. The Morgan fingerprint density at radius 3 is 1.86 bits per heavy atom. The zero-order valence-corrected chi connectivity index (χ0v) is 13.2. The summed E-state index contributed by atoms with van der Waals surface area (Å²) >= 11 is 0. The third-order valence-electron chi connectivity index (χ3n) is 4.36. The first-order chi connectivity index (χ1) is 10.5. The molecule has 0 aliphatic heterocycles. The number of ether oxygens (including phenoxy) is 1. The van der Waals surface area contributed by atoms with Gasteiger partial charge in [-0.25, -0.2) is 4.79 Å². The summed E-state index contributed by atoms with van der Waals surface area (Å²) in [5, 5.41) is 0. The molecule has 112 valence electrons. The van der Waals surface area contributed by atoms with E-state index >= 15 is 0 Å². The maximum Gasteiger partial charge on any atom is 0.334 e. The van der Waals surface area contributed by atoms with Gasteiger partial charge in [0.25, 0.3) is 0 Å². The van der Waals surface area contributed by atoms with Crippen LogP contribution in [0.5, 0.6) is 0 Å². The van der Waals surface area contributed by atoms with Crippen LogP contribution in [0.2, 0.25) is 0 Å². The first-order valence-corrected chi connectivity index (χ1v) is 7.56. The van der Waals surface area contributed by atoms with Gasteiger partial charge in [0.05, 0.1) is 0 Å². The van der Waals surface area contributed by atoms with Crippen LogP contribution in [0.3, 0.4) is 0 Å². The van der Waals surface area contributed by atoms with Gasteiger partial charge in [0.2, 0.25) is 0 Å². The summed E-state index contributed by atoms with van der Waals surface area (Å²) in [7, 11) is 0. The summed E-state index contributed by atoms with van der Waals surface area (Å²) in [5.41, 5.74) is 4.06. The van der Waals surface area contributed by atoms with Crippen molar-refractivity contribution in [1.82, 2.24) is 0 Å². The summed E-state index contributed by atoms with van der Waals surface area (Å²) in [5.74, 6) is -0.235. The first kappa shape index (κ1) is 14.6. The molecule has 3 rings (SSSR count). The maximum absolute atomic E-state index is 12.3. The normalized spacial score (nSPS) is 14.4. The Balaban J connectivity index is 2.29. The summed E-state index contributed by atoms with van der Waals surface area (Å²) in [6.45, 7) is 9.58. The molecule has 0 heterocycles. The minimum atomic E-state index is -0.747. The van der Waals surface area contributed by atoms with Crippen molar-refractivity contribution in [2.45, 2.75) is 26.4 Å². The van der Waals surface area contributed by atoms with Crippen molar-refractivity contribution in [1.29, 1.82) is 0 Å². The number of fused-ring (bicyclic) bond motifs is 3. The lowest BCUT2D eigenvalue weighted by molar-refractivity contribution is -0.155. The second-order valence-electron chi connectivity index (χ2n) is 6.15. The molecular weight excluding hydrogens is 272 g/mol. The molecule has 2 heteroatoms. The van der Waals surface area contributed by atoms with Crippen LogP contribution in [-0.2, 0) is 15.1 Å². The number of carbonyl (C=O) groups excluding carboxylic acids is 1. The highest BCUT2D eigenvalue weighted by Crippen LogP contribution is 2.53. The predicted molar refractivity (Wildman–Crippen MR) is 88.4 cm³/mol. The van der Waals surface area contributed by atoms with Crippen LogP contribution in [0, 0.1) is 5.92 Å². The molecule has 0 aromatic heterocycles. The third-order valence-corrected chi connectivity index (χ3v) is 4.36. The molecule has 1 aliphatic rings. The van der Waals surface area contributed by atoms with Crippen molar-refractivity contribution >= 4 is 5.97 Å². The predicted octanol–water partition coefficient (Wildman–Crippen LogP) is 4.69. The molecule has 22 heavy (non-hydrogen) atoms. The van der Waals surface area contributed by atoms with Gasteiger partial charge in [0, 0.05) is 22.6 Å². The second-order valence-corrected chi connectivity index (χ2v) is 6.15. The number of benzene rings is 2. The van der Waals surface area contributed by atoms with Crippen molar-refractivity contribution < 1.29 is 9.53 Å². The van der Waals surface area contributed by atoms with E-state index in [1.54, 1.807) is 6.92 Å². The lowest BCUT2D eigenvalue weighted by Crippen LogP contribution is -2.37. The van der Waals surface area contributed by atoms with E-state index in [1.165, 1.54) is 0 Å². The van der Waals surface area contributed by atoms with E-state index in [0.717, 1.165) is 22.3 Å². The van der Waals surface area contributed by atoms with Crippen molar-refractivity contribution in [2.75, 3.05) is 0 Å². The van der Waals surface area contributed by atoms with Crippen LogP contribution in [0.4, 0.5) is 0 Å². The quantitative estimate of drug-likeness (QED) is 0.606. The zero-order chi connectivity index (χ0) is 15.9. The van der Waals surface area contributed by atoms with Gasteiger partial charge in [-0.05, 0) is 18.1 Å². The molecular formula is C20H20O2. The zero-order valence-electron chi connectivity index (χ0n) is 13.2. The SMILES string of the molecule is C=C(C)C(=O)OC1(C(C)C)c2ccccc2-c2ccccc21. The van der Waals surface area contributed by atoms with E-state index in [0.29, 0.717) is 5.57 Å². The number of rotatable bonds is 3. The Bertz CT molecular complexity index is 710. The Kier molecular flexibility index (Phi) is 3.40. The molecule has 2 aromatic carbocycles. The smallest absolute Gasteiger partial charge is 0.334 e. The average Bonchev–Trinajstić information content (AvgIpc) is 2.79. The lowest BCUT2D eigenvalue weighted by Gasteiger charge is -2.35. The molecule has 0 unspecified atom stereocenters. The van der Waals surface area contributed by atoms with E-state index < -0.39 is 5.60 Å². The lowest BCUT2D eigenvalue weighted by atomic mass is 9.81. The third kappa shape index (κ3) is 1.91. The molecule has 0 radical (unpaired) electrons. The summed E-state index contributed by atoms with van der Waals surface area (Å²) in [6.07, 6.45) is 0. The van der Waals surface area contributed by atoms with Crippen molar-refractivity contribution in [2.24, 2.45) is 5.92 Å². The fourth-order valence-electron chi connectivity index (χ4n) is 3.31. The van der Waals surface area contributed by atoms with Gasteiger partial charge in [-0.2, -0.15) is 0 Å². The Morgan fingerprint density at radius 2 is 1.45 bits per heavy atom. The maximum atomic E-state index is 12.3. The Morgan fingerprint density at radius 1 is 1.00 bits per heavy atom. The largest absolute Gasteiger partial charge is 0.446 e. The van der Waals surface area contributed by atoms with Crippen LogP contribution in [0.1, 0.15) is 31.9 Å². The van der Waals surface area contributed by atoms with Crippen LogP contribution in [0.15, 0.2) is 60.7 Å². The fourth-order valence-corrected chi connectivity index (χ4v) is 3.31. The molecule has 0 atom stereocenters. The van der Waals surface area contributed by atoms with Gasteiger partial charge in [-0.1, -0.05) is 69.0 Å². The van der Waals surface area contributed by atoms with Crippen LogP contribution >= 0.6 is 0 Å². The molecule has 0 spiro atoms. The number of carbonyl (C=O) groups is 1. The molecule has 0 fully saturated rings. The number of esters is 1. The highest BCUT2D eigenvalue weighted by Gasteiger charge is 2.48. The van der Waals surface area contributed by atoms with Crippen molar-refractivity contribution in [3.63, 3.8) is 0 Å². The first-order valence-electron chi connectivity index (χ1n) is 7.56. The van der Waals surface area contributed by atoms with Crippen molar-refractivity contribution in [3.05, 3.63) is 71.8 Å². The topological polar surface area (TPSA) is 26.3 Å². The highest BCUT2D eigenvalue weighted by atomic mass is 16.6. The minimum absolute atomic E-state index is 0.112. The highest BCUT2D eigenvalue weighted by molar-refractivity contribution is 5.89. The number of hydrogen-bond acceptors (Lipinski definition) is 2. The molecule has 0 bridgehead atoms. The van der Waals surface area contributed by atoms with Gasteiger partial charge < -0.3 is 4.74 Å². The minimum Gasteiger partial charge on any atom is -0.446 e. The van der Waals surface area contributed by atoms with Gasteiger partial charge in [0.1, 0.15) is 0 Å². The van der Waals surface area contributed by atoms with E-state index in [9.17, 15) is 4.79 Å².